The molecule has 0 unspecified atom stereocenters. The van der Waals surface area contributed by atoms with Gasteiger partial charge in [-0.1, -0.05) is 109 Å². The number of aromatic hydroxyl groups is 2. The van der Waals surface area contributed by atoms with Crippen LogP contribution in [0.5, 0.6) is 11.5 Å². The SMILES string of the molecule is O=C(N[C@@H](CO)c1ccccc1)c1cc2ccccc2c(-c2c(O)c(C(=O)N[C@@H](CO)c3ccccc3)cc3ccccc23)c1O. The highest BCUT2D eigenvalue weighted by molar-refractivity contribution is 6.16. The van der Waals surface area contributed by atoms with Crippen molar-refractivity contribution < 1.29 is 30.0 Å². The molecule has 6 N–H and O–H groups in total. The molecule has 2 atom stereocenters. The van der Waals surface area contributed by atoms with Crippen LogP contribution in [0.4, 0.5) is 0 Å². The molecule has 230 valence electrons. The summed E-state index contributed by atoms with van der Waals surface area (Å²) in [4.78, 5) is 27.4. The Morgan fingerprint density at radius 1 is 0.522 bits per heavy atom. The lowest BCUT2D eigenvalue weighted by Gasteiger charge is -2.21. The average molecular weight is 613 g/mol. The fourth-order valence-corrected chi connectivity index (χ4v) is 5.84. The zero-order chi connectivity index (χ0) is 32.2. The Labute approximate surface area is 265 Å². The third-order valence-corrected chi connectivity index (χ3v) is 8.16. The molecule has 0 aliphatic rings. The lowest BCUT2D eigenvalue weighted by Crippen LogP contribution is -2.31. The first-order valence-electron chi connectivity index (χ1n) is 14.8. The lowest BCUT2D eigenvalue weighted by atomic mass is 9.88. The summed E-state index contributed by atoms with van der Waals surface area (Å²) in [5.41, 5.74) is 1.61. The van der Waals surface area contributed by atoms with Crippen molar-refractivity contribution in [1.29, 1.82) is 0 Å². The molecular weight excluding hydrogens is 580 g/mol. The summed E-state index contributed by atoms with van der Waals surface area (Å²) in [5.74, 6) is -2.04. The number of amides is 2. The van der Waals surface area contributed by atoms with Crippen LogP contribution in [0.1, 0.15) is 43.9 Å². The number of carbonyl (C=O) groups is 2. The molecule has 0 fully saturated rings. The van der Waals surface area contributed by atoms with Crippen LogP contribution in [-0.4, -0.2) is 45.5 Å². The minimum atomic E-state index is -0.728. The van der Waals surface area contributed by atoms with Crippen LogP contribution in [0.15, 0.2) is 121 Å². The second-order valence-electron chi connectivity index (χ2n) is 11.0. The summed E-state index contributed by atoms with van der Waals surface area (Å²) >= 11 is 0. The summed E-state index contributed by atoms with van der Waals surface area (Å²) < 4.78 is 0. The van der Waals surface area contributed by atoms with Crippen molar-refractivity contribution >= 4 is 33.4 Å². The standard InChI is InChI=1S/C38H32N2O6/c41-21-31(23-11-3-1-4-12-23)39-37(45)29-19-25-15-7-9-17-27(25)33(35(29)43)34-28-18-10-8-16-26(28)20-30(36(34)44)38(46)40-32(22-42)24-13-5-2-6-14-24/h1-20,31-32,41-44H,21-22H2,(H,39,45)(H,40,46)/t31-,32-/m0/s1. The third kappa shape index (κ3) is 5.75. The van der Waals surface area contributed by atoms with E-state index in [1.807, 2.05) is 12.1 Å². The van der Waals surface area contributed by atoms with Gasteiger partial charge in [-0.25, -0.2) is 0 Å². The average Bonchev–Trinajstić information content (AvgIpc) is 3.10. The van der Waals surface area contributed by atoms with Crippen LogP contribution >= 0.6 is 0 Å². The number of fused-ring (bicyclic) bond motifs is 2. The van der Waals surface area contributed by atoms with Crippen LogP contribution in [0.2, 0.25) is 0 Å². The molecule has 0 spiro atoms. The van der Waals surface area contributed by atoms with E-state index in [-0.39, 0.29) is 35.5 Å². The van der Waals surface area contributed by atoms with Gasteiger partial charge in [0.05, 0.1) is 36.4 Å². The second kappa shape index (κ2) is 13.1. The van der Waals surface area contributed by atoms with Crippen molar-refractivity contribution in [1.82, 2.24) is 10.6 Å². The maximum atomic E-state index is 13.7. The van der Waals surface area contributed by atoms with Gasteiger partial charge < -0.3 is 31.1 Å². The maximum absolute atomic E-state index is 13.7. The maximum Gasteiger partial charge on any atom is 0.255 e. The van der Waals surface area contributed by atoms with Crippen molar-refractivity contribution in [3.63, 3.8) is 0 Å². The van der Waals surface area contributed by atoms with Gasteiger partial charge in [-0.3, -0.25) is 9.59 Å². The molecular formula is C38H32N2O6. The highest BCUT2D eigenvalue weighted by atomic mass is 16.3. The molecule has 0 heterocycles. The molecule has 8 heteroatoms. The minimum Gasteiger partial charge on any atom is -0.506 e. The summed E-state index contributed by atoms with van der Waals surface area (Å²) in [6, 6.07) is 33.9. The molecule has 0 radical (unpaired) electrons. The fraction of sp³-hybridized carbons (Fsp3) is 0.105. The number of carbonyl (C=O) groups excluding carboxylic acids is 2. The number of phenolic OH excluding ortho intramolecular Hbond substituents is 2. The monoisotopic (exact) mass is 612 g/mol. The number of phenols is 2. The molecule has 0 saturated carbocycles. The Morgan fingerprint density at radius 3 is 1.24 bits per heavy atom. The van der Waals surface area contributed by atoms with E-state index >= 15 is 0 Å². The fourth-order valence-electron chi connectivity index (χ4n) is 5.84. The number of aliphatic hydroxyl groups excluding tert-OH is 2. The van der Waals surface area contributed by atoms with Gasteiger partial charge in [0.2, 0.25) is 0 Å². The Bertz CT molecular complexity index is 1900. The first-order valence-corrected chi connectivity index (χ1v) is 14.8. The lowest BCUT2D eigenvalue weighted by molar-refractivity contribution is 0.0906. The number of aliphatic hydroxyl groups is 2. The summed E-state index contributed by atoms with van der Waals surface area (Å²) in [6.45, 7) is -0.727. The Balaban J connectivity index is 1.51. The number of hydrogen-bond donors (Lipinski definition) is 6. The van der Waals surface area contributed by atoms with E-state index in [1.54, 1.807) is 109 Å². The zero-order valence-corrected chi connectivity index (χ0v) is 24.7. The first kappa shape index (κ1) is 30.3. The van der Waals surface area contributed by atoms with Gasteiger partial charge in [-0.15, -0.1) is 0 Å². The van der Waals surface area contributed by atoms with Crippen LogP contribution in [-0.2, 0) is 0 Å². The predicted octanol–water partition coefficient (Wildman–Crippen LogP) is 6.00. The van der Waals surface area contributed by atoms with E-state index in [9.17, 15) is 30.0 Å². The van der Waals surface area contributed by atoms with E-state index < -0.39 is 35.4 Å². The van der Waals surface area contributed by atoms with Gasteiger partial charge in [0.25, 0.3) is 11.8 Å². The Kier molecular flexibility index (Phi) is 8.65. The molecule has 0 aliphatic carbocycles. The number of benzene rings is 6. The van der Waals surface area contributed by atoms with Crippen LogP contribution in [0.25, 0.3) is 32.7 Å². The zero-order valence-electron chi connectivity index (χ0n) is 24.7. The third-order valence-electron chi connectivity index (χ3n) is 8.16. The molecule has 0 bridgehead atoms. The summed E-state index contributed by atoms with van der Waals surface area (Å²) in [7, 11) is 0. The Morgan fingerprint density at radius 2 is 0.870 bits per heavy atom. The van der Waals surface area contributed by atoms with Gasteiger partial charge >= 0.3 is 0 Å². The van der Waals surface area contributed by atoms with Gasteiger partial charge in [-0.2, -0.15) is 0 Å². The highest BCUT2D eigenvalue weighted by Gasteiger charge is 2.27. The molecule has 2 amide bonds. The van der Waals surface area contributed by atoms with Crippen LogP contribution < -0.4 is 10.6 Å². The van der Waals surface area contributed by atoms with Crippen LogP contribution in [0.3, 0.4) is 0 Å². The number of hydrogen-bond acceptors (Lipinski definition) is 6. The minimum absolute atomic E-state index is 0.0640. The topological polar surface area (TPSA) is 139 Å². The van der Waals surface area contributed by atoms with Gasteiger partial charge in [-0.05, 0) is 44.8 Å². The van der Waals surface area contributed by atoms with E-state index in [4.69, 9.17) is 0 Å². The van der Waals surface area contributed by atoms with Crippen molar-refractivity contribution in [2.24, 2.45) is 0 Å². The van der Waals surface area contributed by atoms with E-state index in [0.717, 1.165) is 0 Å². The molecule has 8 nitrogen and oxygen atoms in total. The van der Waals surface area contributed by atoms with Crippen molar-refractivity contribution in [2.75, 3.05) is 13.2 Å². The van der Waals surface area contributed by atoms with E-state index in [1.165, 1.54) is 0 Å². The molecule has 6 rings (SSSR count). The molecule has 6 aromatic rings. The van der Waals surface area contributed by atoms with E-state index in [0.29, 0.717) is 32.7 Å². The van der Waals surface area contributed by atoms with Crippen molar-refractivity contribution in [2.45, 2.75) is 12.1 Å². The van der Waals surface area contributed by atoms with Gasteiger partial charge in [0.1, 0.15) is 11.5 Å². The predicted molar refractivity (Wildman–Crippen MR) is 178 cm³/mol. The normalized spacial score (nSPS) is 12.5. The largest absolute Gasteiger partial charge is 0.506 e. The summed E-state index contributed by atoms with van der Waals surface area (Å²) in [6.07, 6.45) is 0. The number of rotatable bonds is 9. The van der Waals surface area contributed by atoms with Crippen molar-refractivity contribution in [3.05, 3.63) is 144 Å². The molecule has 0 saturated heterocycles. The Hall–Kier alpha value is -5.70. The molecule has 0 aromatic heterocycles. The quantitative estimate of drug-likeness (QED) is 0.118. The smallest absolute Gasteiger partial charge is 0.255 e. The number of nitrogens with one attached hydrogen (secondary N) is 2. The van der Waals surface area contributed by atoms with E-state index in [2.05, 4.69) is 10.6 Å². The molecule has 6 aromatic carbocycles. The van der Waals surface area contributed by atoms with Gasteiger partial charge in [0.15, 0.2) is 0 Å². The first-order chi connectivity index (χ1) is 22.4. The van der Waals surface area contributed by atoms with Crippen molar-refractivity contribution in [3.8, 4) is 22.6 Å². The summed E-state index contributed by atoms with van der Waals surface area (Å²) in [5, 5.41) is 51.8. The highest BCUT2D eigenvalue weighted by Crippen LogP contribution is 2.47. The molecule has 0 aliphatic heterocycles. The molecule has 46 heavy (non-hydrogen) atoms. The second-order valence-corrected chi connectivity index (χ2v) is 11.0. The van der Waals surface area contributed by atoms with Crippen LogP contribution in [0, 0.1) is 0 Å². The van der Waals surface area contributed by atoms with Gasteiger partial charge in [0, 0.05) is 11.1 Å².